The summed E-state index contributed by atoms with van der Waals surface area (Å²) in [4.78, 5) is 12.0. The van der Waals surface area contributed by atoms with Crippen LogP contribution >= 0.6 is 12.4 Å². The number of hydrogen-bond donors (Lipinski definition) is 3. The lowest BCUT2D eigenvalue weighted by Crippen LogP contribution is -2.42. The van der Waals surface area contributed by atoms with Crippen LogP contribution in [0.2, 0.25) is 0 Å². The zero-order valence-corrected chi connectivity index (χ0v) is 14.0. The van der Waals surface area contributed by atoms with E-state index in [4.69, 9.17) is 5.73 Å². The Morgan fingerprint density at radius 3 is 2.52 bits per heavy atom. The average molecular weight is 340 g/mol. The van der Waals surface area contributed by atoms with Crippen molar-refractivity contribution in [2.45, 2.75) is 50.6 Å². The van der Waals surface area contributed by atoms with Gasteiger partial charge in [-0.2, -0.15) is 0 Å². The van der Waals surface area contributed by atoms with E-state index < -0.39 is 10.0 Å². The average Bonchev–Trinajstić information content (AvgIpc) is 2.93. The molecule has 0 aromatic rings. The minimum Gasteiger partial charge on any atom is -0.356 e. The minimum atomic E-state index is -3.18. The second-order valence-corrected chi connectivity index (χ2v) is 7.98. The number of halogens is 1. The van der Waals surface area contributed by atoms with E-state index >= 15 is 0 Å². The molecule has 0 aromatic heterocycles. The summed E-state index contributed by atoms with van der Waals surface area (Å²) in [6, 6.07) is 0.105. The predicted octanol–water partition coefficient (Wildman–Crippen LogP) is 0.370. The van der Waals surface area contributed by atoms with Gasteiger partial charge >= 0.3 is 0 Å². The highest BCUT2D eigenvalue weighted by Crippen LogP contribution is 2.27. The van der Waals surface area contributed by atoms with Gasteiger partial charge in [0, 0.05) is 24.5 Å². The molecular formula is C13H26ClN3O3S. The van der Waals surface area contributed by atoms with E-state index in [0.29, 0.717) is 6.54 Å². The topological polar surface area (TPSA) is 101 Å². The molecule has 8 heteroatoms. The Morgan fingerprint density at radius 1 is 1.24 bits per heavy atom. The van der Waals surface area contributed by atoms with E-state index in [2.05, 4.69) is 10.0 Å². The fraction of sp³-hybridized carbons (Fsp3) is 0.923. The van der Waals surface area contributed by atoms with Gasteiger partial charge in [0.05, 0.1) is 6.26 Å². The molecule has 2 rings (SSSR count). The number of carbonyl (C=O) groups is 1. The SMILES string of the molecule is CS(=O)(=O)NC1CCCC1CNC(=O)C1CCC(N)C1.Cl. The Hall–Kier alpha value is -0.370. The predicted molar refractivity (Wildman–Crippen MR) is 84.7 cm³/mol. The van der Waals surface area contributed by atoms with Crippen LogP contribution in [-0.2, 0) is 14.8 Å². The molecular weight excluding hydrogens is 314 g/mol. The Balaban J connectivity index is 0.00000220. The Labute approximate surface area is 133 Å². The molecule has 0 heterocycles. The summed E-state index contributed by atoms with van der Waals surface area (Å²) in [6.07, 6.45) is 6.53. The zero-order valence-electron chi connectivity index (χ0n) is 12.4. The summed E-state index contributed by atoms with van der Waals surface area (Å²) < 4.78 is 25.3. The van der Waals surface area contributed by atoms with Crippen LogP contribution in [0.15, 0.2) is 0 Å². The Bertz CT molecular complexity index is 458. The lowest BCUT2D eigenvalue weighted by Gasteiger charge is -2.21. The maximum Gasteiger partial charge on any atom is 0.223 e. The molecule has 4 atom stereocenters. The van der Waals surface area contributed by atoms with Crippen LogP contribution in [0.5, 0.6) is 0 Å². The van der Waals surface area contributed by atoms with Gasteiger partial charge in [0.2, 0.25) is 15.9 Å². The first-order valence-electron chi connectivity index (χ1n) is 7.36. The third-order valence-electron chi connectivity index (χ3n) is 4.41. The molecule has 0 bridgehead atoms. The Kier molecular flexibility index (Phi) is 6.90. The fourth-order valence-electron chi connectivity index (χ4n) is 3.34. The van der Waals surface area contributed by atoms with E-state index in [1.54, 1.807) is 0 Å². The van der Waals surface area contributed by atoms with Crippen molar-refractivity contribution in [3.8, 4) is 0 Å². The quantitative estimate of drug-likeness (QED) is 0.673. The molecule has 0 saturated heterocycles. The van der Waals surface area contributed by atoms with E-state index in [0.717, 1.165) is 38.5 Å². The molecule has 2 saturated carbocycles. The standard InChI is InChI=1S/C13H25N3O3S.ClH/c1-20(18,19)16-12-4-2-3-10(12)8-15-13(17)9-5-6-11(14)7-9;/h9-12,16H,2-8,14H2,1H3,(H,15,17);1H. The number of rotatable bonds is 5. The number of hydrogen-bond acceptors (Lipinski definition) is 4. The number of sulfonamides is 1. The summed E-state index contributed by atoms with van der Waals surface area (Å²) in [5.41, 5.74) is 5.82. The van der Waals surface area contributed by atoms with Crippen LogP contribution < -0.4 is 15.8 Å². The van der Waals surface area contributed by atoms with Crippen molar-refractivity contribution in [3.05, 3.63) is 0 Å². The maximum absolute atomic E-state index is 12.0. The second kappa shape index (κ2) is 7.76. The summed E-state index contributed by atoms with van der Waals surface area (Å²) >= 11 is 0. The number of nitrogens with one attached hydrogen (secondary N) is 2. The van der Waals surface area contributed by atoms with Crippen LogP contribution in [-0.4, -0.2) is 39.2 Å². The van der Waals surface area contributed by atoms with Crippen LogP contribution in [0.4, 0.5) is 0 Å². The van der Waals surface area contributed by atoms with Crippen molar-refractivity contribution in [1.82, 2.24) is 10.0 Å². The summed E-state index contributed by atoms with van der Waals surface area (Å²) in [6.45, 7) is 0.553. The largest absolute Gasteiger partial charge is 0.356 e. The molecule has 0 aliphatic heterocycles. The molecule has 1 amide bonds. The first-order valence-corrected chi connectivity index (χ1v) is 9.25. The van der Waals surface area contributed by atoms with E-state index in [9.17, 15) is 13.2 Å². The van der Waals surface area contributed by atoms with Gasteiger partial charge in [-0.1, -0.05) is 6.42 Å². The van der Waals surface area contributed by atoms with Crippen molar-refractivity contribution in [2.75, 3.05) is 12.8 Å². The van der Waals surface area contributed by atoms with Gasteiger partial charge in [-0.25, -0.2) is 13.1 Å². The van der Waals surface area contributed by atoms with Crippen molar-refractivity contribution in [1.29, 1.82) is 0 Å². The molecule has 6 nitrogen and oxygen atoms in total. The molecule has 2 aliphatic rings. The maximum atomic E-state index is 12.0. The highest BCUT2D eigenvalue weighted by atomic mass is 35.5. The normalized spacial score (nSPS) is 32.7. The van der Waals surface area contributed by atoms with Gasteiger partial charge in [-0.15, -0.1) is 12.4 Å². The van der Waals surface area contributed by atoms with Crippen molar-refractivity contribution in [3.63, 3.8) is 0 Å². The van der Waals surface area contributed by atoms with Crippen molar-refractivity contribution < 1.29 is 13.2 Å². The smallest absolute Gasteiger partial charge is 0.223 e. The van der Waals surface area contributed by atoms with Gasteiger partial charge in [-0.05, 0) is 38.0 Å². The van der Waals surface area contributed by atoms with Gasteiger partial charge in [0.25, 0.3) is 0 Å². The molecule has 4 N–H and O–H groups in total. The molecule has 2 fully saturated rings. The molecule has 2 aliphatic carbocycles. The van der Waals surface area contributed by atoms with E-state index in [1.165, 1.54) is 6.26 Å². The zero-order chi connectivity index (χ0) is 14.8. The number of amides is 1. The lowest BCUT2D eigenvalue weighted by atomic mass is 10.0. The molecule has 0 aromatic carbocycles. The fourth-order valence-corrected chi connectivity index (χ4v) is 4.20. The molecule has 21 heavy (non-hydrogen) atoms. The lowest BCUT2D eigenvalue weighted by molar-refractivity contribution is -0.125. The van der Waals surface area contributed by atoms with E-state index in [-0.39, 0.29) is 42.2 Å². The van der Waals surface area contributed by atoms with Crippen LogP contribution in [0, 0.1) is 11.8 Å². The van der Waals surface area contributed by atoms with Crippen molar-refractivity contribution >= 4 is 28.3 Å². The van der Waals surface area contributed by atoms with Gasteiger partial charge in [-0.3, -0.25) is 4.79 Å². The van der Waals surface area contributed by atoms with Crippen LogP contribution in [0.25, 0.3) is 0 Å². The third kappa shape index (κ3) is 5.73. The second-order valence-electron chi connectivity index (χ2n) is 6.20. The number of nitrogens with two attached hydrogens (primary N) is 1. The van der Waals surface area contributed by atoms with Gasteiger partial charge in [0.15, 0.2) is 0 Å². The summed E-state index contributed by atoms with van der Waals surface area (Å²) in [5, 5.41) is 2.97. The van der Waals surface area contributed by atoms with Gasteiger partial charge in [0.1, 0.15) is 0 Å². The first-order chi connectivity index (χ1) is 9.35. The summed E-state index contributed by atoms with van der Waals surface area (Å²) in [5.74, 6) is 0.305. The van der Waals surface area contributed by atoms with Crippen LogP contribution in [0.1, 0.15) is 38.5 Å². The van der Waals surface area contributed by atoms with Crippen molar-refractivity contribution in [2.24, 2.45) is 17.6 Å². The molecule has 4 unspecified atom stereocenters. The first kappa shape index (κ1) is 18.7. The monoisotopic (exact) mass is 339 g/mol. The van der Waals surface area contributed by atoms with Crippen LogP contribution in [0.3, 0.4) is 0 Å². The molecule has 124 valence electrons. The molecule has 0 spiro atoms. The minimum absolute atomic E-state index is 0. The van der Waals surface area contributed by atoms with E-state index in [1.807, 2.05) is 0 Å². The third-order valence-corrected chi connectivity index (χ3v) is 5.14. The molecule has 0 radical (unpaired) electrons. The number of carbonyl (C=O) groups excluding carboxylic acids is 1. The highest BCUT2D eigenvalue weighted by Gasteiger charge is 2.32. The summed E-state index contributed by atoms with van der Waals surface area (Å²) in [7, 11) is -3.18. The van der Waals surface area contributed by atoms with Gasteiger partial charge < -0.3 is 11.1 Å². The highest BCUT2D eigenvalue weighted by molar-refractivity contribution is 7.88. The Morgan fingerprint density at radius 2 is 1.95 bits per heavy atom.